The van der Waals surface area contributed by atoms with Crippen molar-refractivity contribution in [3.05, 3.63) is 18.2 Å². The number of aliphatic carboxylic acids is 1. The number of carbonyl (C=O) groups excluding carboxylic acids is 3. The molecule has 0 saturated heterocycles. The van der Waals surface area contributed by atoms with E-state index in [4.69, 9.17) is 16.6 Å². The average molecular weight is 470 g/mol. The quantitative estimate of drug-likeness (QED) is 0.128. The Hall–Kier alpha value is -3.03. The van der Waals surface area contributed by atoms with Gasteiger partial charge in [-0.15, -0.1) is 0 Å². The summed E-state index contributed by atoms with van der Waals surface area (Å²) in [7, 11) is 0. The summed E-state index contributed by atoms with van der Waals surface area (Å²) in [6.45, 7) is 3.11. The number of carbonyl (C=O) groups is 4. The minimum atomic E-state index is -1.52. The third-order valence-electron chi connectivity index (χ3n) is 5.01. The maximum Gasteiger partial charge on any atom is 0.328 e. The Kier molecular flexibility index (Phi) is 12.0. The summed E-state index contributed by atoms with van der Waals surface area (Å²) in [5, 5.41) is 25.6. The zero-order valence-corrected chi connectivity index (χ0v) is 18.9. The average Bonchev–Trinajstić information content (AvgIpc) is 3.28. The predicted octanol–water partition coefficient (Wildman–Crippen LogP) is -2.40. The molecule has 3 amide bonds. The highest BCUT2D eigenvalue weighted by Crippen LogP contribution is 2.06. The largest absolute Gasteiger partial charge is 0.480 e. The number of H-pyrrole nitrogens is 1. The second kappa shape index (κ2) is 14.2. The van der Waals surface area contributed by atoms with Gasteiger partial charge in [0.25, 0.3) is 0 Å². The minimum absolute atomic E-state index is 0.0634. The molecule has 4 atom stereocenters. The lowest BCUT2D eigenvalue weighted by Crippen LogP contribution is -2.58. The van der Waals surface area contributed by atoms with Gasteiger partial charge in [-0.05, 0) is 31.7 Å². The van der Waals surface area contributed by atoms with Crippen LogP contribution in [0.3, 0.4) is 0 Å². The minimum Gasteiger partial charge on any atom is -0.480 e. The Morgan fingerprint density at radius 1 is 1.03 bits per heavy atom. The van der Waals surface area contributed by atoms with E-state index in [-0.39, 0.29) is 18.8 Å². The van der Waals surface area contributed by atoms with Crippen molar-refractivity contribution in [3.63, 3.8) is 0 Å². The van der Waals surface area contributed by atoms with Crippen LogP contribution < -0.4 is 27.4 Å². The van der Waals surface area contributed by atoms with E-state index < -0.39 is 54.5 Å². The summed E-state index contributed by atoms with van der Waals surface area (Å²) in [4.78, 5) is 56.1. The standard InChI is InChI=1S/C20H35N7O6/c1-11(2)16(22)19(31)26-14(7-12-8-23-10-24-12)18(30)25-13(5-3-4-6-21)17(29)27-15(9-28)20(32)33/h8,10-11,13-16,28H,3-7,9,21-22H2,1-2H3,(H,23,24)(H,25,30)(H,26,31)(H,27,29)(H,32,33). The van der Waals surface area contributed by atoms with Crippen molar-refractivity contribution in [1.29, 1.82) is 0 Å². The number of imidazole rings is 1. The topological polar surface area (TPSA) is 226 Å². The summed E-state index contributed by atoms with van der Waals surface area (Å²) >= 11 is 0. The molecular weight excluding hydrogens is 434 g/mol. The van der Waals surface area contributed by atoms with Gasteiger partial charge < -0.3 is 42.6 Å². The first-order chi connectivity index (χ1) is 15.6. The Morgan fingerprint density at radius 3 is 2.15 bits per heavy atom. The molecule has 1 aromatic rings. The first kappa shape index (κ1) is 28.0. The van der Waals surface area contributed by atoms with Gasteiger partial charge in [-0.1, -0.05) is 13.8 Å². The highest BCUT2D eigenvalue weighted by Gasteiger charge is 2.30. The number of nitrogens with one attached hydrogen (secondary N) is 4. The van der Waals surface area contributed by atoms with Crippen molar-refractivity contribution in [2.45, 2.75) is 63.7 Å². The Labute approximate surface area is 192 Å². The normalized spacial score (nSPS) is 14.7. The van der Waals surface area contributed by atoms with Crippen LogP contribution in [0.2, 0.25) is 0 Å². The molecule has 186 valence electrons. The summed E-state index contributed by atoms with van der Waals surface area (Å²) in [5.41, 5.74) is 12.0. The highest BCUT2D eigenvalue weighted by atomic mass is 16.4. The van der Waals surface area contributed by atoms with Crippen LogP contribution in [0.5, 0.6) is 0 Å². The van der Waals surface area contributed by atoms with Gasteiger partial charge in [0.2, 0.25) is 17.7 Å². The second-order valence-corrected chi connectivity index (χ2v) is 8.04. The van der Waals surface area contributed by atoms with Crippen LogP contribution in [0, 0.1) is 5.92 Å². The molecule has 1 heterocycles. The number of amides is 3. The number of aromatic amines is 1. The molecule has 0 spiro atoms. The molecule has 0 radical (unpaired) electrons. The lowest BCUT2D eigenvalue weighted by molar-refractivity contribution is -0.143. The molecule has 13 nitrogen and oxygen atoms in total. The molecule has 0 bridgehead atoms. The van der Waals surface area contributed by atoms with E-state index in [0.717, 1.165) is 0 Å². The van der Waals surface area contributed by atoms with Crippen LogP contribution in [0.1, 0.15) is 38.8 Å². The first-order valence-corrected chi connectivity index (χ1v) is 10.8. The number of aromatic nitrogens is 2. The van der Waals surface area contributed by atoms with E-state index in [2.05, 4.69) is 25.9 Å². The summed E-state index contributed by atoms with van der Waals surface area (Å²) in [5.74, 6) is -3.53. The fraction of sp³-hybridized carbons (Fsp3) is 0.650. The second-order valence-electron chi connectivity index (χ2n) is 8.04. The molecular formula is C20H35N7O6. The van der Waals surface area contributed by atoms with Gasteiger partial charge in [-0.25, -0.2) is 9.78 Å². The third-order valence-corrected chi connectivity index (χ3v) is 5.01. The number of carboxylic acids is 1. The molecule has 0 aromatic carbocycles. The van der Waals surface area contributed by atoms with E-state index in [1.165, 1.54) is 12.5 Å². The fourth-order valence-electron chi connectivity index (χ4n) is 2.89. The van der Waals surface area contributed by atoms with Gasteiger partial charge in [0, 0.05) is 18.3 Å². The Bertz CT molecular complexity index is 771. The van der Waals surface area contributed by atoms with Gasteiger partial charge in [0.15, 0.2) is 0 Å². The van der Waals surface area contributed by atoms with E-state index in [9.17, 15) is 24.3 Å². The molecule has 0 aliphatic carbocycles. The van der Waals surface area contributed by atoms with Crippen LogP contribution in [0.25, 0.3) is 0 Å². The van der Waals surface area contributed by atoms with Crippen molar-refractivity contribution in [2.24, 2.45) is 17.4 Å². The number of hydrogen-bond donors (Lipinski definition) is 8. The Morgan fingerprint density at radius 2 is 1.64 bits per heavy atom. The number of hydrogen-bond acceptors (Lipinski definition) is 8. The predicted molar refractivity (Wildman–Crippen MR) is 119 cm³/mol. The molecule has 0 aliphatic rings. The highest BCUT2D eigenvalue weighted by molar-refractivity contribution is 5.94. The molecule has 0 saturated carbocycles. The van der Waals surface area contributed by atoms with Crippen molar-refractivity contribution in [3.8, 4) is 0 Å². The van der Waals surface area contributed by atoms with Crippen LogP contribution >= 0.6 is 0 Å². The molecule has 1 aromatic heterocycles. The van der Waals surface area contributed by atoms with E-state index in [1.807, 2.05) is 0 Å². The number of nitrogens with zero attached hydrogens (tertiary/aromatic N) is 1. The van der Waals surface area contributed by atoms with Gasteiger partial charge >= 0.3 is 5.97 Å². The zero-order chi connectivity index (χ0) is 25.0. The summed E-state index contributed by atoms with van der Waals surface area (Å²) in [6.07, 6.45) is 4.24. The van der Waals surface area contributed by atoms with Crippen LogP contribution in [0.15, 0.2) is 12.5 Å². The number of rotatable bonds is 15. The summed E-state index contributed by atoms with van der Waals surface area (Å²) in [6, 6.07) is -4.53. The van der Waals surface area contributed by atoms with Gasteiger partial charge in [-0.2, -0.15) is 0 Å². The van der Waals surface area contributed by atoms with Crippen molar-refractivity contribution < 1.29 is 29.4 Å². The maximum absolute atomic E-state index is 13.1. The molecule has 13 heteroatoms. The number of nitrogens with two attached hydrogens (primary N) is 2. The van der Waals surface area contributed by atoms with Gasteiger partial charge in [0.1, 0.15) is 18.1 Å². The molecule has 1 rings (SSSR count). The maximum atomic E-state index is 13.1. The molecule has 4 unspecified atom stereocenters. The molecule has 0 fully saturated rings. The fourth-order valence-corrected chi connectivity index (χ4v) is 2.89. The van der Waals surface area contributed by atoms with Crippen LogP contribution in [0.4, 0.5) is 0 Å². The monoisotopic (exact) mass is 469 g/mol. The first-order valence-electron chi connectivity index (χ1n) is 10.8. The molecule has 33 heavy (non-hydrogen) atoms. The zero-order valence-electron chi connectivity index (χ0n) is 18.9. The lowest BCUT2D eigenvalue weighted by Gasteiger charge is -2.25. The summed E-state index contributed by atoms with van der Waals surface area (Å²) < 4.78 is 0. The van der Waals surface area contributed by atoms with Crippen LogP contribution in [-0.2, 0) is 25.6 Å². The number of carboxylic acid groups (broad SMARTS) is 1. The molecule has 0 aliphatic heterocycles. The van der Waals surface area contributed by atoms with Crippen LogP contribution in [-0.4, -0.2) is 81.2 Å². The van der Waals surface area contributed by atoms with E-state index in [0.29, 0.717) is 25.1 Å². The lowest BCUT2D eigenvalue weighted by atomic mass is 10.0. The number of aliphatic hydroxyl groups excluding tert-OH is 1. The van der Waals surface area contributed by atoms with E-state index in [1.54, 1.807) is 13.8 Å². The third kappa shape index (κ3) is 9.55. The van der Waals surface area contributed by atoms with Crippen molar-refractivity contribution in [2.75, 3.05) is 13.2 Å². The SMILES string of the molecule is CC(C)C(N)C(=O)NC(Cc1cnc[nH]1)C(=O)NC(CCCCN)C(=O)NC(CO)C(=O)O. The van der Waals surface area contributed by atoms with Gasteiger partial charge in [-0.3, -0.25) is 14.4 Å². The number of aliphatic hydroxyl groups is 1. The molecule has 10 N–H and O–H groups in total. The van der Waals surface area contributed by atoms with Crippen molar-refractivity contribution >= 4 is 23.7 Å². The Balaban J connectivity index is 3.01. The van der Waals surface area contributed by atoms with E-state index >= 15 is 0 Å². The number of unbranched alkanes of at least 4 members (excludes halogenated alkanes) is 1. The van der Waals surface area contributed by atoms with Crippen molar-refractivity contribution in [1.82, 2.24) is 25.9 Å². The van der Waals surface area contributed by atoms with Gasteiger partial charge in [0.05, 0.1) is 19.0 Å². The smallest absolute Gasteiger partial charge is 0.328 e.